The molecule has 0 radical (unpaired) electrons. The molecule has 18 heavy (non-hydrogen) atoms. The van der Waals surface area contributed by atoms with E-state index in [-0.39, 0.29) is 42.0 Å². The molecule has 0 fully saturated rings. The lowest BCUT2D eigenvalue weighted by Gasteiger charge is -2.14. The van der Waals surface area contributed by atoms with Crippen molar-refractivity contribution >= 4 is 42.0 Å². The van der Waals surface area contributed by atoms with Gasteiger partial charge in [0.25, 0.3) is 0 Å². The molecule has 5 nitrogen and oxygen atoms in total. The van der Waals surface area contributed by atoms with Crippen LogP contribution in [0.4, 0.5) is 11.4 Å². The van der Waals surface area contributed by atoms with Crippen molar-refractivity contribution in [2.24, 2.45) is 0 Å². The molecule has 0 aliphatic rings. The fourth-order valence-corrected chi connectivity index (χ4v) is 1.46. The first kappa shape index (κ1) is 19.0. The highest BCUT2D eigenvalue weighted by molar-refractivity contribution is 6.04. The molecule has 0 spiro atoms. The summed E-state index contributed by atoms with van der Waals surface area (Å²) in [7, 11) is 2.95. The lowest BCUT2D eigenvalue weighted by molar-refractivity contribution is 0.0988. The minimum atomic E-state index is -0.0786. The molecule has 0 amide bonds. The zero-order chi connectivity index (χ0) is 12.3. The minimum absolute atomic E-state index is 0. The van der Waals surface area contributed by atoms with Gasteiger partial charge >= 0.3 is 0 Å². The fourth-order valence-electron chi connectivity index (χ4n) is 1.46. The summed E-state index contributed by atoms with van der Waals surface area (Å²) in [4.78, 5) is 11.6. The predicted molar refractivity (Wildman–Crippen MR) is 77.5 cm³/mol. The first-order valence-electron chi connectivity index (χ1n) is 4.89. The van der Waals surface area contributed by atoms with Gasteiger partial charge in [0.2, 0.25) is 0 Å². The van der Waals surface area contributed by atoms with Gasteiger partial charge in [0, 0.05) is 12.0 Å². The van der Waals surface area contributed by atoms with E-state index < -0.39 is 0 Å². The van der Waals surface area contributed by atoms with Crippen LogP contribution >= 0.6 is 24.8 Å². The first-order valence-corrected chi connectivity index (χ1v) is 4.89. The molecule has 0 saturated carbocycles. The summed E-state index contributed by atoms with van der Waals surface area (Å²) in [6, 6.07) is 1.55. The maximum atomic E-state index is 11.6. The van der Waals surface area contributed by atoms with E-state index in [0.29, 0.717) is 23.5 Å². The Morgan fingerprint density at radius 2 is 1.72 bits per heavy atom. The molecule has 0 atom stereocenters. The number of benzene rings is 1. The highest BCUT2D eigenvalue weighted by Crippen LogP contribution is 2.40. The summed E-state index contributed by atoms with van der Waals surface area (Å²) in [5, 5.41) is 0. The molecule has 0 bridgehead atoms. The predicted octanol–water partition coefficient (Wildman–Crippen LogP) is 2.30. The topological polar surface area (TPSA) is 87.6 Å². The van der Waals surface area contributed by atoms with Crippen LogP contribution in [0.2, 0.25) is 0 Å². The number of carbonyl (C=O) groups excluding carboxylic acids is 1. The Bertz CT molecular complexity index is 425. The molecule has 0 aromatic heterocycles. The van der Waals surface area contributed by atoms with Crippen molar-refractivity contribution < 1.29 is 14.3 Å². The summed E-state index contributed by atoms with van der Waals surface area (Å²) >= 11 is 0. The second kappa shape index (κ2) is 7.89. The van der Waals surface area contributed by atoms with E-state index in [1.165, 1.54) is 14.2 Å². The highest BCUT2D eigenvalue weighted by Gasteiger charge is 2.18. The van der Waals surface area contributed by atoms with E-state index in [1.54, 1.807) is 13.0 Å². The van der Waals surface area contributed by atoms with E-state index in [4.69, 9.17) is 20.9 Å². The van der Waals surface area contributed by atoms with Gasteiger partial charge < -0.3 is 20.9 Å². The SMILES string of the molecule is CCC(=O)c1cc(OC)c(OC)c(N)c1N.Cl.Cl. The number of anilines is 2. The molecule has 7 heteroatoms. The summed E-state index contributed by atoms with van der Waals surface area (Å²) < 4.78 is 10.2. The van der Waals surface area contributed by atoms with Gasteiger partial charge in [-0.2, -0.15) is 0 Å². The third-order valence-corrected chi connectivity index (χ3v) is 2.37. The number of halogens is 2. The molecule has 104 valence electrons. The Kier molecular flexibility index (Phi) is 8.34. The quantitative estimate of drug-likeness (QED) is 0.657. The van der Waals surface area contributed by atoms with Crippen molar-refractivity contribution in [3.8, 4) is 11.5 Å². The van der Waals surface area contributed by atoms with Gasteiger partial charge in [-0.1, -0.05) is 6.92 Å². The average molecular weight is 297 g/mol. The van der Waals surface area contributed by atoms with Gasteiger partial charge in [-0.3, -0.25) is 4.79 Å². The number of nitrogen functional groups attached to an aromatic ring is 2. The molecule has 4 N–H and O–H groups in total. The molecule has 1 aromatic rings. The standard InChI is InChI=1S/C11H16N2O3.2ClH/c1-4-7(14)6-5-8(15-2)11(16-3)10(13)9(6)12;;/h5H,4,12-13H2,1-3H3;2*1H. The Hall–Kier alpha value is -1.33. The summed E-state index contributed by atoms with van der Waals surface area (Å²) in [5.41, 5.74) is 12.4. The smallest absolute Gasteiger partial charge is 0.185 e. The lowest BCUT2D eigenvalue weighted by Crippen LogP contribution is -2.08. The second-order valence-electron chi connectivity index (χ2n) is 3.26. The molecule has 0 heterocycles. The van der Waals surface area contributed by atoms with Gasteiger partial charge in [-0.25, -0.2) is 0 Å². The van der Waals surface area contributed by atoms with Crippen LogP contribution in [0.25, 0.3) is 0 Å². The van der Waals surface area contributed by atoms with E-state index in [1.807, 2.05) is 0 Å². The van der Waals surface area contributed by atoms with Crippen molar-refractivity contribution in [3.63, 3.8) is 0 Å². The number of rotatable bonds is 4. The van der Waals surface area contributed by atoms with Crippen molar-refractivity contribution in [2.45, 2.75) is 13.3 Å². The molecular weight excluding hydrogens is 279 g/mol. The van der Waals surface area contributed by atoms with Crippen molar-refractivity contribution in [2.75, 3.05) is 25.7 Å². The van der Waals surface area contributed by atoms with Gasteiger partial charge in [-0.15, -0.1) is 24.8 Å². The number of methoxy groups -OCH3 is 2. The summed E-state index contributed by atoms with van der Waals surface area (Å²) in [6.07, 6.45) is 0.360. The number of nitrogens with two attached hydrogens (primary N) is 2. The third kappa shape index (κ3) is 3.34. The molecule has 0 saturated heterocycles. The number of ketones is 1. The number of Topliss-reactive ketones (excluding diaryl/α,β-unsaturated/α-hetero) is 1. The van der Waals surface area contributed by atoms with Gasteiger partial charge in [0.15, 0.2) is 17.3 Å². The third-order valence-electron chi connectivity index (χ3n) is 2.37. The largest absolute Gasteiger partial charge is 0.493 e. The lowest BCUT2D eigenvalue weighted by atomic mass is 10.0. The molecular formula is C11H18Cl2N2O3. The zero-order valence-corrected chi connectivity index (χ0v) is 12.1. The number of hydrogen-bond acceptors (Lipinski definition) is 5. The van der Waals surface area contributed by atoms with Gasteiger partial charge in [0.1, 0.15) is 5.69 Å². The van der Waals surface area contributed by atoms with E-state index in [2.05, 4.69) is 0 Å². The first-order chi connectivity index (χ1) is 7.56. The van der Waals surface area contributed by atoms with Crippen molar-refractivity contribution in [3.05, 3.63) is 11.6 Å². The van der Waals surface area contributed by atoms with E-state index >= 15 is 0 Å². The van der Waals surface area contributed by atoms with Gasteiger partial charge in [0.05, 0.1) is 19.9 Å². The Morgan fingerprint density at radius 3 is 2.11 bits per heavy atom. The Morgan fingerprint density at radius 1 is 1.17 bits per heavy atom. The van der Waals surface area contributed by atoms with E-state index in [0.717, 1.165) is 0 Å². The summed E-state index contributed by atoms with van der Waals surface area (Å²) in [5.74, 6) is 0.684. The molecule has 1 rings (SSSR count). The normalized spacial score (nSPS) is 8.83. The minimum Gasteiger partial charge on any atom is -0.493 e. The van der Waals surface area contributed by atoms with Crippen molar-refractivity contribution in [1.82, 2.24) is 0 Å². The molecule has 0 unspecified atom stereocenters. The fraction of sp³-hybridized carbons (Fsp3) is 0.364. The van der Waals surface area contributed by atoms with Crippen LogP contribution in [0.5, 0.6) is 11.5 Å². The summed E-state index contributed by atoms with van der Waals surface area (Å²) in [6.45, 7) is 1.76. The maximum Gasteiger partial charge on any atom is 0.185 e. The number of hydrogen-bond donors (Lipinski definition) is 2. The van der Waals surface area contributed by atoms with Crippen LogP contribution in [0.1, 0.15) is 23.7 Å². The number of ether oxygens (including phenoxy) is 2. The monoisotopic (exact) mass is 296 g/mol. The Labute approximate surface area is 119 Å². The van der Waals surface area contributed by atoms with Gasteiger partial charge in [-0.05, 0) is 6.07 Å². The van der Waals surface area contributed by atoms with Crippen LogP contribution in [0, 0.1) is 0 Å². The van der Waals surface area contributed by atoms with Crippen LogP contribution in [0.15, 0.2) is 6.07 Å². The van der Waals surface area contributed by atoms with Crippen LogP contribution < -0.4 is 20.9 Å². The molecule has 0 aliphatic carbocycles. The second-order valence-corrected chi connectivity index (χ2v) is 3.26. The molecule has 0 aliphatic heterocycles. The highest BCUT2D eigenvalue weighted by atomic mass is 35.5. The van der Waals surface area contributed by atoms with Crippen LogP contribution in [0.3, 0.4) is 0 Å². The zero-order valence-electron chi connectivity index (χ0n) is 10.5. The van der Waals surface area contributed by atoms with Crippen LogP contribution in [-0.4, -0.2) is 20.0 Å². The average Bonchev–Trinajstić information content (AvgIpc) is 2.31. The number of carbonyl (C=O) groups is 1. The maximum absolute atomic E-state index is 11.6. The van der Waals surface area contributed by atoms with Crippen LogP contribution in [-0.2, 0) is 0 Å². The van der Waals surface area contributed by atoms with E-state index in [9.17, 15) is 4.79 Å². The molecule has 1 aromatic carbocycles. The van der Waals surface area contributed by atoms with Crippen molar-refractivity contribution in [1.29, 1.82) is 0 Å². The Balaban J connectivity index is 0.